The molecule has 10 nitrogen and oxygen atoms in total. The lowest BCUT2D eigenvalue weighted by Crippen LogP contribution is -2.36. The number of nitrogens with zero attached hydrogens (tertiary/aromatic N) is 4. The fourth-order valence-corrected chi connectivity index (χ4v) is 5.30. The maximum atomic E-state index is 12.9. The van der Waals surface area contributed by atoms with Crippen LogP contribution in [0.4, 0.5) is 28.7 Å². The molecule has 1 saturated carbocycles. The zero-order valence-electron chi connectivity index (χ0n) is 24.1. The molecule has 0 saturated heterocycles. The molecule has 4 N–H and O–H groups in total. The van der Waals surface area contributed by atoms with Crippen LogP contribution in [0.15, 0.2) is 60.8 Å². The maximum absolute atomic E-state index is 12.9. The lowest BCUT2D eigenvalue weighted by atomic mass is 9.90. The number of carbonyl (C=O) groups is 2. The van der Waals surface area contributed by atoms with Crippen molar-refractivity contribution in [1.29, 1.82) is 0 Å². The van der Waals surface area contributed by atoms with Gasteiger partial charge in [0.15, 0.2) is 5.65 Å². The Morgan fingerprint density at radius 2 is 1.68 bits per heavy atom. The molecular formula is C31H38N8O2. The molecule has 2 aromatic carbocycles. The summed E-state index contributed by atoms with van der Waals surface area (Å²) in [4.78, 5) is 31.4. The Kier molecular flexibility index (Phi) is 8.49. The molecule has 0 atom stereocenters. The first-order valence-corrected chi connectivity index (χ1v) is 14.2. The minimum Gasteiger partial charge on any atom is -0.367 e. The van der Waals surface area contributed by atoms with E-state index in [9.17, 15) is 9.59 Å². The summed E-state index contributed by atoms with van der Waals surface area (Å²) in [5.74, 6) is 1.22. The second kappa shape index (κ2) is 12.4. The summed E-state index contributed by atoms with van der Waals surface area (Å²) in [5.41, 5.74) is 4.51. The molecule has 1 fully saturated rings. The van der Waals surface area contributed by atoms with Crippen LogP contribution in [-0.4, -0.2) is 57.5 Å². The molecule has 0 spiro atoms. The van der Waals surface area contributed by atoms with Crippen LogP contribution in [-0.2, 0) is 11.2 Å². The zero-order chi connectivity index (χ0) is 28.9. The Bertz CT molecular complexity index is 1520. The molecule has 0 radical (unpaired) electrons. The third-order valence-corrected chi connectivity index (χ3v) is 7.57. The number of hydrogen-bond donors (Lipinski definition) is 4. The lowest BCUT2D eigenvalue weighted by molar-refractivity contribution is -0.114. The van der Waals surface area contributed by atoms with Crippen molar-refractivity contribution in [2.75, 3.05) is 35.4 Å². The van der Waals surface area contributed by atoms with Gasteiger partial charge in [0.2, 0.25) is 5.91 Å². The number of benzene rings is 2. The molecular weight excluding hydrogens is 516 g/mol. The van der Waals surface area contributed by atoms with Gasteiger partial charge < -0.3 is 26.2 Å². The van der Waals surface area contributed by atoms with Gasteiger partial charge in [0.25, 0.3) is 5.91 Å². The first-order valence-electron chi connectivity index (χ1n) is 14.2. The van der Waals surface area contributed by atoms with Crippen molar-refractivity contribution in [3.05, 3.63) is 71.9 Å². The highest BCUT2D eigenvalue weighted by Gasteiger charge is 2.23. The highest BCUT2D eigenvalue weighted by Crippen LogP contribution is 2.28. The lowest BCUT2D eigenvalue weighted by Gasteiger charge is -2.33. The standard InChI is InChI=1S/C31H38N8O2/c1-5-21-19-32-39-29(18-28(37-30(21)39)34-24-13-15-27(16-14-24)38(3)4)35-25-7-6-8-26(17-25)36-31(41)22-9-11-23(12-10-22)33-20(2)40/h6-12,17-19,24,27,35H,5,13-16H2,1-4H3,(H,33,40)(H,34,37)(H,36,41)/t24-,27-. The predicted molar refractivity (Wildman–Crippen MR) is 164 cm³/mol. The number of aryl methyl sites for hydroxylation is 1. The Morgan fingerprint density at radius 1 is 0.951 bits per heavy atom. The van der Waals surface area contributed by atoms with Gasteiger partial charge in [0, 0.05) is 53.3 Å². The number of carbonyl (C=O) groups excluding carboxylic acids is 2. The number of hydrogen-bond acceptors (Lipinski definition) is 7. The first kappa shape index (κ1) is 28.1. The number of fused-ring (bicyclic) bond motifs is 1. The van der Waals surface area contributed by atoms with Crippen LogP contribution >= 0.6 is 0 Å². The Labute approximate surface area is 240 Å². The zero-order valence-corrected chi connectivity index (χ0v) is 24.1. The van der Waals surface area contributed by atoms with E-state index in [1.165, 1.54) is 19.8 Å². The summed E-state index contributed by atoms with van der Waals surface area (Å²) in [6.45, 7) is 3.55. The van der Waals surface area contributed by atoms with Gasteiger partial charge in [-0.3, -0.25) is 9.59 Å². The van der Waals surface area contributed by atoms with Gasteiger partial charge in [-0.2, -0.15) is 9.61 Å². The van der Waals surface area contributed by atoms with Gasteiger partial charge in [-0.15, -0.1) is 0 Å². The summed E-state index contributed by atoms with van der Waals surface area (Å²) in [7, 11) is 4.31. The van der Waals surface area contributed by atoms with Gasteiger partial charge in [0.1, 0.15) is 11.6 Å². The summed E-state index contributed by atoms with van der Waals surface area (Å²) in [6, 6.07) is 17.4. The molecule has 1 aliphatic rings. The quantitative estimate of drug-likeness (QED) is 0.215. The fourth-order valence-electron chi connectivity index (χ4n) is 5.30. The molecule has 0 bridgehead atoms. The van der Waals surface area contributed by atoms with E-state index in [-0.39, 0.29) is 11.8 Å². The SMILES string of the molecule is CCc1cnn2c(Nc3cccc(NC(=O)c4ccc(NC(C)=O)cc4)c3)cc(N[C@H]3CC[C@H](N(C)C)CC3)nc12. The van der Waals surface area contributed by atoms with Crippen molar-refractivity contribution in [3.63, 3.8) is 0 Å². The molecule has 0 aliphatic heterocycles. The third kappa shape index (κ3) is 6.83. The predicted octanol–water partition coefficient (Wildman–Crippen LogP) is 5.53. The normalized spacial score (nSPS) is 16.9. The molecule has 41 heavy (non-hydrogen) atoms. The minimum absolute atomic E-state index is 0.158. The highest BCUT2D eigenvalue weighted by molar-refractivity contribution is 6.04. The summed E-state index contributed by atoms with van der Waals surface area (Å²) < 4.78 is 1.83. The van der Waals surface area contributed by atoms with E-state index in [0.717, 1.165) is 47.8 Å². The minimum atomic E-state index is -0.238. The van der Waals surface area contributed by atoms with E-state index in [1.54, 1.807) is 24.3 Å². The van der Waals surface area contributed by atoms with Crippen molar-refractivity contribution in [1.82, 2.24) is 19.5 Å². The molecule has 10 heteroatoms. The van der Waals surface area contributed by atoms with Gasteiger partial charge >= 0.3 is 0 Å². The van der Waals surface area contributed by atoms with Crippen LogP contribution in [0.3, 0.4) is 0 Å². The fraction of sp³-hybridized carbons (Fsp3) is 0.355. The highest BCUT2D eigenvalue weighted by atomic mass is 16.2. The second-order valence-corrected chi connectivity index (χ2v) is 10.8. The summed E-state index contributed by atoms with van der Waals surface area (Å²) in [5, 5.41) is 17.4. The van der Waals surface area contributed by atoms with Crippen LogP contribution in [0.2, 0.25) is 0 Å². The Hall–Kier alpha value is -4.44. The van der Waals surface area contributed by atoms with E-state index < -0.39 is 0 Å². The Balaban J connectivity index is 1.32. The van der Waals surface area contributed by atoms with Crippen LogP contribution in [0.1, 0.15) is 55.5 Å². The first-order chi connectivity index (χ1) is 19.8. The van der Waals surface area contributed by atoms with Gasteiger partial charge in [-0.05, 0) is 88.7 Å². The molecule has 214 valence electrons. The summed E-state index contributed by atoms with van der Waals surface area (Å²) >= 11 is 0. The molecule has 2 amide bonds. The number of aromatic nitrogens is 3. The number of rotatable bonds is 9. The van der Waals surface area contributed by atoms with Crippen LogP contribution in [0.25, 0.3) is 5.65 Å². The molecule has 0 unspecified atom stereocenters. The second-order valence-electron chi connectivity index (χ2n) is 10.8. The smallest absolute Gasteiger partial charge is 0.255 e. The number of nitrogens with one attached hydrogen (secondary N) is 4. The van der Waals surface area contributed by atoms with Crippen LogP contribution in [0, 0.1) is 0 Å². The van der Waals surface area contributed by atoms with Crippen LogP contribution in [0.5, 0.6) is 0 Å². The topological polar surface area (TPSA) is 116 Å². The van der Waals surface area contributed by atoms with Gasteiger partial charge in [-0.1, -0.05) is 13.0 Å². The molecule has 1 aliphatic carbocycles. The van der Waals surface area contributed by atoms with E-state index >= 15 is 0 Å². The van der Waals surface area contributed by atoms with E-state index in [4.69, 9.17) is 4.98 Å². The van der Waals surface area contributed by atoms with Crippen molar-refractivity contribution in [2.45, 2.75) is 58.0 Å². The van der Waals surface area contributed by atoms with Crippen molar-refractivity contribution in [3.8, 4) is 0 Å². The summed E-state index contributed by atoms with van der Waals surface area (Å²) in [6.07, 6.45) is 7.26. The number of amides is 2. The average molecular weight is 555 g/mol. The maximum Gasteiger partial charge on any atom is 0.255 e. The van der Waals surface area contributed by atoms with Crippen molar-refractivity contribution < 1.29 is 9.59 Å². The Morgan fingerprint density at radius 3 is 2.37 bits per heavy atom. The van der Waals surface area contributed by atoms with E-state index in [2.05, 4.69) is 52.3 Å². The average Bonchev–Trinajstić information content (AvgIpc) is 3.37. The van der Waals surface area contributed by atoms with Crippen molar-refractivity contribution >= 4 is 46.2 Å². The third-order valence-electron chi connectivity index (χ3n) is 7.57. The monoisotopic (exact) mass is 554 g/mol. The molecule has 5 rings (SSSR count). The molecule has 4 aromatic rings. The largest absolute Gasteiger partial charge is 0.367 e. The van der Waals surface area contributed by atoms with Gasteiger partial charge in [0.05, 0.1) is 6.20 Å². The number of anilines is 5. The molecule has 2 heterocycles. The van der Waals surface area contributed by atoms with E-state index in [1.807, 2.05) is 41.0 Å². The van der Waals surface area contributed by atoms with Crippen molar-refractivity contribution in [2.24, 2.45) is 0 Å². The van der Waals surface area contributed by atoms with E-state index in [0.29, 0.717) is 29.0 Å². The van der Waals surface area contributed by atoms with Crippen LogP contribution < -0.4 is 21.3 Å². The van der Waals surface area contributed by atoms with Gasteiger partial charge in [-0.25, -0.2) is 4.98 Å². The molecule has 2 aromatic heterocycles.